The van der Waals surface area contributed by atoms with E-state index in [0.717, 1.165) is 32.8 Å². The molecule has 0 spiro atoms. The molecule has 1 aromatic heterocycles. The summed E-state index contributed by atoms with van der Waals surface area (Å²) in [6.45, 7) is 2.88. The number of aryl methyl sites for hydroxylation is 1. The summed E-state index contributed by atoms with van der Waals surface area (Å²) in [6.07, 6.45) is 1.62. The molecule has 7 heteroatoms. The zero-order chi connectivity index (χ0) is 17.6. The van der Waals surface area contributed by atoms with Gasteiger partial charge in [0.25, 0.3) is 5.91 Å². The summed E-state index contributed by atoms with van der Waals surface area (Å²) in [6, 6.07) is 15.7. The number of hydrogen-bond donors (Lipinski definition) is 1. The topological polar surface area (TPSA) is 59.3 Å². The summed E-state index contributed by atoms with van der Waals surface area (Å²) in [5.74, 6) is 0.0967. The number of hydrogen-bond acceptors (Lipinski definition) is 4. The SMILES string of the molecule is CCn1c(SCC(=O)N/N=C/c2ccccc2Br)nc2ccccc21. The molecule has 2 aromatic carbocycles. The average Bonchev–Trinajstić information content (AvgIpc) is 2.99. The van der Waals surface area contributed by atoms with Gasteiger partial charge in [0, 0.05) is 16.6 Å². The van der Waals surface area contributed by atoms with E-state index in [0.29, 0.717) is 0 Å². The Balaban J connectivity index is 1.60. The van der Waals surface area contributed by atoms with E-state index in [2.05, 4.69) is 42.9 Å². The van der Waals surface area contributed by atoms with Crippen LogP contribution in [-0.4, -0.2) is 27.4 Å². The number of hydrazone groups is 1. The summed E-state index contributed by atoms with van der Waals surface area (Å²) in [4.78, 5) is 16.6. The van der Waals surface area contributed by atoms with Crippen LogP contribution < -0.4 is 5.43 Å². The quantitative estimate of drug-likeness (QED) is 0.374. The minimum absolute atomic E-state index is 0.164. The van der Waals surface area contributed by atoms with Crippen molar-refractivity contribution >= 4 is 50.8 Å². The maximum Gasteiger partial charge on any atom is 0.250 e. The Hall–Kier alpha value is -2.12. The van der Waals surface area contributed by atoms with E-state index in [4.69, 9.17) is 0 Å². The van der Waals surface area contributed by atoms with E-state index >= 15 is 0 Å². The Morgan fingerprint density at radius 3 is 2.84 bits per heavy atom. The normalized spacial score (nSPS) is 11.3. The molecule has 0 aliphatic carbocycles. The number of nitrogens with zero attached hydrogens (tertiary/aromatic N) is 3. The third kappa shape index (κ3) is 4.29. The summed E-state index contributed by atoms with van der Waals surface area (Å²) in [7, 11) is 0. The standard InChI is InChI=1S/C18H17BrN4OS/c1-2-23-16-10-6-5-9-15(16)21-18(23)25-12-17(24)22-20-11-13-7-3-4-8-14(13)19/h3-11H,2,12H2,1H3,(H,22,24)/b20-11+. The molecule has 0 unspecified atom stereocenters. The molecule has 0 aliphatic heterocycles. The molecule has 0 aliphatic rings. The van der Waals surface area contributed by atoms with Crippen molar-refractivity contribution in [1.29, 1.82) is 0 Å². The lowest BCUT2D eigenvalue weighted by molar-refractivity contribution is -0.118. The van der Waals surface area contributed by atoms with Crippen LogP contribution in [0.3, 0.4) is 0 Å². The van der Waals surface area contributed by atoms with Crippen molar-refractivity contribution < 1.29 is 4.79 Å². The molecule has 0 atom stereocenters. The molecule has 0 saturated heterocycles. The fraction of sp³-hybridized carbons (Fsp3) is 0.167. The van der Waals surface area contributed by atoms with E-state index in [-0.39, 0.29) is 11.7 Å². The molecule has 0 bridgehead atoms. The molecule has 1 N–H and O–H groups in total. The number of nitrogens with one attached hydrogen (secondary N) is 1. The van der Waals surface area contributed by atoms with E-state index < -0.39 is 0 Å². The van der Waals surface area contributed by atoms with Gasteiger partial charge in [0.1, 0.15) is 0 Å². The van der Waals surface area contributed by atoms with Gasteiger partial charge in [-0.05, 0) is 25.1 Å². The Kier molecular flexibility index (Phi) is 5.88. The van der Waals surface area contributed by atoms with Crippen molar-refractivity contribution in [2.75, 3.05) is 5.75 Å². The van der Waals surface area contributed by atoms with Crippen molar-refractivity contribution in [2.45, 2.75) is 18.6 Å². The Labute approximate surface area is 158 Å². The lowest BCUT2D eigenvalue weighted by Crippen LogP contribution is -2.20. The Morgan fingerprint density at radius 1 is 1.28 bits per heavy atom. The van der Waals surface area contributed by atoms with Crippen LogP contribution in [0.15, 0.2) is 63.3 Å². The minimum atomic E-state index is -0.164. The van der Waals surface area contributed by atoms with Gasteiger partial charge in [0.15, 0.2) is 5.16 Å². The van der Waals surface area contributed by atoms with Gasteiger partial charge in [0.2, 0.25) is 0 Å². The van der Waals surface area contributed by atoms with Crippen LogP contribution >= 0.6 is 27.7 Å². The first kappa shape index (κ1) is 17.7. The van der Waals surface area contributed by atoms with Crippen molar-refractivity contribution in [1.82, 2.24) is 15.0 Å². The fourth-order valence-electron chi connectivity index (χ4n) is 2.39. The molecule has 25 heavy (non-hydrogen) atoms. The highest BCUT2D eigenvalue weighted by Gasteiger charge is 2.11. The monoisotopic (exact) mass is 416 g/mol. The molecule has 128 valence electrons. The Morgan fingerprint density at radius 2 is 2.04 bits per heavy atom. The van der Waals surface area contributed by atoms with Gasteiger partial charge in [0.05, 0.1) is 23.0 Å². The maximum absolute atomic E-state index is 12.0. The van der Waals surface area contributed by atoms with E-state index in [1.165, 1.54) is 11.8 Å². The lowest BCUT2D eigenvalue weighted by atomic mass is 10.2. The van der Waals surface area contributed by atoms with Gasteiger partial charge in [-0.3, -0.25) is 4.79 Å². The highest BCUT2D eigenvalue weighted by molar-refractivity contribution is 9.10. The number of aromatic nitrogens is 2. The predicted molar refractivity (Wildman–Crippen MR) is 106 cm³/mol. The first-order chi connectivity index (χ1) is 12.2. The number of carbonyl (C=O) groups is 1. The highest BCUT2D eigenvalue weighted by Crippen LogP contribution is 2.23. The third-order valence-electron chi connectivity index (χ3n) is 3.57. The van der Waals surface area contributed by atoms with Crippen molar-refractivity contribution in [3.8, 4) is 0 Å². The van der Waals surface area contributed by atoms with E-state index in [9.17, 15) is 4.79 Å². The second kappa shape index (κ2) is 8.31. The number of carbonyl (C=O) groups excluding carboxylic acids is 1. The van der Waals surface area contributed by atoms with Gasteiger partial charge in [-0.25, -0.2) is 10.4 Å². The second-order valence-electron chi connectivity index (χ2n) is 5.23. The predicted octanol–water partition coefficient (Wildman–Crippen LogP) is 4.06. The largest absolute Gasteiger partial charge is 0.319 e. The number of halogens is 1. The summed E-state index contributed by atoms with van der Waals surface area (Å²) in [5, 5.41) is 4.85. The number of imidazole rings is 1. The van der Waals surface area contributed by atoms with Gasteiger partial charge < -0.3 is 4.57 Å². The smallest absolute Gasteiger partial charge is 0.250 e. The summed E-state index contributed by atoms with van der Waals surface area (Å²) in [5.41, 5.74) is 5.48. The fourth-order valence-corrected chi connectivity index (χ4v) is 3.64. The number of fused-ring (bicyclic) bond motifs is 1. The van der Waals surface area contributed by atoms with E-state index in [1.54, 1.807) is 6.21 Å². The van der Waals surface area contributed by atoms with E-state index in [1.807, 2.05) is 48.5 Å². The number of rotatable bonds is 6. The molecule has 1 heterocycles. The number of benzene rings is 2. The summed E-state index contributed by atoms with van der Waals surface area (Å²) < 4.78 is 3.04. The van der Waals surface area contributed by atoms with Gasteiger partial charge >= 0.3 is 0 Å². The van der Waals surface area contributed by atoms with Crippen LogP contribution in [0.2, 0.25) is 0 Å². The third-order valence-corrected chi connectivity index (χ3v) is 5.26. The highest BCUT2D eigenvalue weighted by atomic mass is 79.9. The first-order valence-corrected chi connectivity index (χ1v) is 9.61. The van der Waals surface area contributed by atoms with Crippen molar-refractivity contribution in [3.63, 3.8) is 0 Å². The molecule has 0 fully saturated rings. The van der Waals surface area contributed by atoms with Crippen LogP contribution in [0.1, 0.15) is 12.5 Å². The lowest BCUT2D eigenvalue weighted by Gasteiger charge is -2.05. The molecular formula is C18H17BrN4OS. The van der Waals surface area contributed by atoms with Crippen LogP contribution in [-0.2, 0) is 11.3 Å². The molecule has 3 aromatic rings. The molecule has 3 rings (SSSR count). The van der Waals surface area contributed by atoms with Gasteiger partial charge in [-0.1, -0.05) is 58.0 Å². The molecular weight excluding hydrogens is 400 g/mol. The maximum atomic E-state index is 12.0. The van der Waals surface area contributed by atoms with Crippen LogP contribution in [0, 0.1) is 0 Å². The number of thioether (sulfide) groups is 1. The van der Waals surface area contributed by atoms with Crippen LogP contribution in [0.4, 0.5) is 0 Å². The van der Waals surface area contributed by atoms with Crippen LogP contribution in [0.25, 0.3) is 11.0 Å². The molecule has 0 radical (unpaired) electrons. The zero-order valence-corrected chi connectivity index (χ0v) is 16.0. The molecule has 5 nitrogen and oxygen atoms in total. The summed E-state index contributed by atoms with van der Waals surface area (Å²) >= 11 is 4.85. The first-order valence-electron chi connectivity index (χ1n) is 7.83. The Bertz CT molecular complexity index is 922. The van der Waals surface area contributed by atoms with Crippen molar-refractivity contribution in [3.05, 3.63) is 58.6 Å². The average molecular weight is 417 g/mol. The van der Waals surface area contributed by atoms with Crippen LogP contribution in [0.5, 0.6) is 0 Å². The molecule has 0 saturated carbocycles. The zero-order valence-electron chi connectivity index (χ0n) is 13.6. The minimum Gasteiger partial charge on any atom is -0.319 e. The van der Waals surface area contributed by atoms with Crippen molar-refractivity contribution in [2.24, 2.45) is 5.10 Å². The van der Waals surface area contributed by atoms with Gasteiger partial charge in [-0.15, -0.1) is 0 Å². The number of para-hydroxylation sites is 2. The molecule has 1 amide bonds. The number of amides is 1. The van der Waals surface area contributed by atoms with Gasteiger partial charge in [-0.2, -0.15) is 5.10 Å². The second-order valence-corrected chi connectivity index (χ2v) is 7.03.